The van der Waals surface area contributed by atoms with E-state index in [-0.39, 0.29) is 18.2 Å². The molecule has 0 radical (unpaired) electrons. The van der Waals surface area contributed by atoms with E-state index in [4.69, 9.17) is 21.1 Å². The third kappa shape index (κ3) is 7.45. The second kappa shape index (κ2) is 12.3. The van der Waals surface area contributed by atoms with Crippen LogP contribution in [0.4, 0.5) is 0 Å². The number of aryl methyl sites for hydroxylation is 1. The molecule has 0 aliphatic heterocycles. The first-order chi connectivity index (χ1) is 15.2. The van der Waals surface area contributed by atoms with Gasteiger partial charge in [-0.05, 0) is 54.7 Å². The van der Waals surface area contributed by atoms with Gasteiger partial charge in [0.2, 0.25) is 11.8 Å². The zero-order valence-electron chi connectivity index (χ0n) is 19.5. The number of halogens is 1. The van der Waals surface area contributed by atoms with Crippen molar-refractivity contribution in [3.8, 4) is 11.5 Å². The van der Waals surface area contributed by atoms with Crippen LogP contribution in [0.25, 0.3) is 0 Å². The molecule has 174 valence electrons. The van der Waals surface area contributed by atoms with E-state index >= 15 is 0 Å². The lowest BCUT2D eigenvalue weighted by molar-refractivity contribution is -0.140. The van der Waals surface area contributed by atoms with Crippen LogP contribution in [0.15, 0.2) is 42.5 Å². The Bertz CT molecular complexity index is 899. The Morgan fingerprint density at radius 2 is 1.59 bits per heavy atom. The van der Waals surface area contributed by atoms with E-state index in [2.05, 4.69) is 5.32 Å². The summed E-state index contributed by atoms with van der Waals surface area (Å²) in [6.07, 6.45) is 0.793. The molecular formula is C25H33ClN2O4. The lowest BCUT2D eigenvalue weighted by Crippen LogP contribution is -2.48. The summed E-state index contributed by atoms with van der Waals surface area (Å²) >= 11 is 5.99. The summed E-state index contributed by atoms with van der Waals surface area (Å²) in [4.78, 5) is 27.5. The molecule has 0 aliphatic rings. The first-order valence-corrected chi connectivity index (χ1v) is 11.2. The summed E-state index contributed by atoms with van der Waals surface area (Å²) in [7, 11) is 3.17. The highest BCUT2D eigenvalue weighted by Crippen LogP contribution is 2.28. The van der Waals surface area contributed by atoms with Crippen molar-refractivity contribution in [2.45, 2.75) is 46.2 Å². The van der Waals surface area contributed by atoms with Crippen molar-refractivity contribution in [1.29, 1.82) is 0 Å². The third-order valence-corrected chi connectivity index (χ3v) is 5.45. The summed E-state index contributed by atoms with van der Waals surface area (Å²) in [6, 6.07) is 12.3. The molecule has 2 amide bonds. The molecule has 2 aromatic rings. The van der Waals surface area contributed by atoms with E-state index in [0.29, 0.717) is 41.9 Å². The highest BCUT2D eigenvalue weighted by molar-refractivity contribution is 6.30. The Morgan fingerprint density at radius 1 is 0.969 bits per heavy atom. The molecule has 0 bridgehead atoms. The van der Waals surface area contributed by atoms with Crippen LogP contribution < -0.4 is 14.8 Å². The van der Waals surface area contributed by atoms with Gasteiger partial charge < -0.3 is 19.7 Å². The SMILES string of the molecule is COc1ccc(CCC(=O)N(Cc2ccc(Cl)cc2)[C@@H](C)C(=O)NCC(C)C)cc1OC. The molecule has 0 aromatic heterocycles. The summed E-state index contributed by atoms with van der Waals surface area (Å²) in [5.41, 5.74) is 1.87. The number of ether oxygens (including phenoxy) is 2. The Kier molecular flexibility index (Phi) is 9.85. The fourth-order valence-electron chi connectivity index (χ4n) is 3.25. The Balaban J connectivity index is 2.15. The van der Waals surface area contributed by atoms with Crippen LogP contribution in [0.1, 0.15) is 38.3 Å². The minimum atomic E-state index is -0.595. The van der Waals surface area contributed by atoms with E-state index in [1.165, 1.54) is 0 Å². The van der Waals surface area contributed by atoms with Gasteiger partial charge in [-0.25, -0.2) is 0 Å². The predicted molar refractivity (Wildman–Crippen MR) is 127 cm³/mol. The number of nitrogens with zero attached hydrogens (tertiary/aromatic N) is 1. The molecule has 6 nitrogen and oxygen atoms in total. The van der Waals surface area contributed by atoms with Gasteiger partial charge in [0.1, 0.15) is 6.04 Å². The molecule has 1 N–H and O–H groups in total. The van der Waals surface area contributed by atoms with Crippen molar-refractivity contribution in [3.63, 3.8) is 0 Å². The molecule has 7 heteroatoms. The number of nitrogens with one attached hydrogen (secondary N) is 1. The van der Waals surface area contributed by atoms with Gasteiger partial charge in [-0.1, -0.05) is 43.6 Å². The largest absolute Gasteiger partial charge is 0.493 e. The second-order valence-corrected chi connectivity index (χ2v) is 8.59. The molecular weight excluding hydrogens is 428 g/mol. The van der Waals surface area contributed by atoms with Crippen LogP contribution in [-0.2, 0) is 22.6 Å². The summed E-state index contributed by atoms with van der Waals surface area (Å²) in [5, 5.41) is 3.56. The quantitative estimate of drug-likeness (QED) is 0.536. The molecule has 0 heterocycles. The van der Waals surface area contributed by atoms with E-state index in [1.807, 2.05) is 44.2 Å². The van der Waals surface area contributed by atoms with Crippen LogP contribution >= 0.6 is 11.6 Å². The maximum absolute atomic E-state index is 13.2. The molecule has 0 fully saturated rings. The molecule has 0 unspecified atom stereocenters. The minimum absolute atomic E-state index is 0.0954. The van der Waals surface area contributed by atoms with Gasteiger partial charge in [-0.15, -0.1) is 0 Å². The zero-order chi connectivity index (χ0) is 23.7. The Morgan fingerprint density at radius 3 is 2.19 bits per heavy atom. The summed E-state index contributed by atoms with van der Waals surface area (Å²) in [6.45, 7) is 6.73. The lowest BCUT2D eigenvalue weighted by atomic mass is 10.1. The fraction of sp³-hybridized carbons (Fsp3) is 0.440. The highest BCUT2D eigenvalue weighted by atomic mass is 35.5. The smallest absolute Gasteiger partial charge is 0.242 e. The number of amides is 2. The lowest BCUT2D eigenvalue weighted by Gasteiger charge is -2.29. The first kappa shape index (κ1) is 25.5. The maximum atomic E-state index is 13.2. The minimum Gasteiger partial charge on any atom is -0.493 e. The number of rotatable bonds is 11. The van der Waals surface area contributed by atoms with Crippen molar-refractivity contribution in [1.82, 2.24) is 10.2 Å². The molecule has 0 spiro atoms. The topological polar surface area (TPSA) is 67.9 Å². The van der Waals surface area contributed by atoms with Crippen molar-refractivity contribution >= 4 is 23.4 Å². The number of hydrogen-bond donors (Lipinski definition) is 1. The van der Waals surface area contributed by atoms with Crippen molar-refractivity contribution in [2.75, 3.05) is 20.8 Å². The highest BCUT2D eigenvalue weighted by Gasteiger charge is 2.26. The van der Waals surface area contributed by atoms with Crippen LogP contribution in [0.3, 0.4) is 0 Å². The van der Waals surface area contributed by atoms with E-state index < -0.39 is 6.04 Å². The number of carbonyl (C=O) groups is 2. The fourth-order valence-corrected chi connectivity index (χ4v) is 3.38. The van der Waals surface area contributed by atoms with Gasteiger partial charge in [0, 0.05) is 24.5 Å². The van der Waals surface area contributed by atoms with E-state index in [9.17, 15) is 9.59 Å². The van der Waals surface area contributed by atoms with Crippen LogP contribution in [-0.4, -0.2) is 43.5 Å². The van der Waals surface area contributed by atoms with Gasteiger partial charge in [0.15, 0.2) is 11.5 Å². The van der Waals surface area contributed by atoms with E-state index in [0.717, 1.165) is 11.1 Å². The average Bonchev–Trinajstić information content (AvgIpc) is 2.79. The van der Waals surface area contributed by atoms with Gasteiger partial charge in [0.25, 0.3) is 0 Å². The number of methoxy groups -OCH3 is 2. The number of benzene rings is 2. The molecule has 0 saturated carbocycles. The van der Waals surface area contributed by atoms with Crippen LogP contribution in [0.5, 0.6) is 11.5 Å². The van der Waals surface area contributed by atoms with Crippen LogP contribution in [0.2, 0.25) is 5.02 Å². The molecule has 32 heavy (non-hydrogen) atoms. The van der Waals surface area contributed by atoms with Crippen molar-refractivity contribution in [2.24, 2.45) is 5.92 Å². The molecule has 0 aliphatic carbocycles. The maximum Gasteiger partial charge on any atom is 0.242 e. The van der Waals surface area contributed by atoms with Gasteiger partial charge in [0.05, 0.1) is 14.2 Å². The average molecular weight is 461 g/mol. The summed E-state index contributed by atoms with van der Waals surface area (Å²) in [5.74, 6) is 1.34. The predicted octanol–water partition coefficient (Wildman–Crippen LogP) is 4.48. The van der Waals surface area contributed by atoms with Crippen molar-refractivity contribution in [3.05, 3.63) is 58.6 Å². The van der Waals surface area contributed by atoms with E-state index in [1.54, 1.807) is 38.2 Å². The number of hydrogen-bond acceptors (Lipinski definition) is 4. The van der Waals surface area contributed by atoms with Gasteiger partial charge in [-0.3, -0.25) is 9.59 Å². The number of carbonyl (C=O) groups excluding carboxylic acids is 2. The molecule has 1 atom stereocenters. The standard InChI is InChI=1S/C25H33ClN2O4/c1-17(2)15-27-25(30)18(3)28(16-20-6-10-21(26)11-7-20)24(29)13-9-19-8-12-22(31-4)23(14-19)32-5/h6-8,10-12,14,17-18H,9,13,15-16H2,1-5H3,(H,27,30)/t18-/m0/s1. The normalized spacial score (nSPS) is 11.7. The third-order valence-electron chi connectivity index (χ3n) is 5.19. The van der Waals surface area contributed by atoms with Gasteiger partial charge >= 0.3 is 0 Å². The van der Waals surface area contributed by atoms with Crippen molar-refractivity contribution < 1.29 is 19.1 Å². The Hall–Kier alpha value is -2.73. The van der Waals surface area contributed by atoms with Crippen LogP contribution in [0, 0.1) is 5.92 Å². The molecule has 2 rings (SSSR count). The Labute approximate surface area is 195 Å². The summed E-state index contributed by atoms with van der Waals surface area (Å²) < 4.78 is 10.6. The van der Waals surface area contributed by atoms with Gasteiger partial charge in [-0.2, -0.15) is 0 Å². The zero-order valence-corrected chi connectivity index (χ0v) is 20.2. The monoisotopic (exact) mass is 460 g/mol. The molecule has 0 saturated heterocycles. The first-order valence-electron chi connectivity index (χ1n) is 10.8. The molecule has 2 aromatic carbocycles. The second-order valence-electron chi connectivity index (χ2n) is 8.15.